The zero-order valence-corrected chi connectivity index (χ0v) is 14.6. The highest BCUT2D eigenvalue weighted by Gasteiger charge is 2.19. The average Bonchev–Trinajstić information content (AvgIpc) is 2.95. The van der Waals surface area contributed by atoms with E-state index in [-0.39, 0.29) is 5.91 Å². The minimum Gasteiger partial charge on any atom is -0.497 e. The molecule has 0 aliphatic carbocycles. The second-order valence-electron chi connectivity index (χ2n) is 5.84. The largest absolute Gasteiger partial charge is 0.497 e. The molecule has 25 heavy (non-hydrogen) atoms. The summed E-state index contributed by atoms with van der Waals surface area (Å²) in [5.74, 6) is 0.620. The highest BCUT2D eigenvalue weighted by molar-refractivity contribution is 5.95. The van der Waals surface area contributed by atoms with E-state index in [1.54, 1.807) is 11.8 Å². The van der Waals surface area contributed by atoms with Gasteiger partial charge in [-0.15, -0.1) is 0 Å². The van der Waals surface area contributed by atoms with Gasteiger partial charge in [-0.1, -0.05) is 42.5 Å². The fourth-order valence-electron chi connectivity index (χ4n) is 2.85. The molecule has 5 heteroatoms. The van der Waals surface area contributed by atoms with Crippen LogP contribution in [0.25, 0.3) is 11.3 Å². The molecule has 128 valence electrons. The Kier molecular flexibility index (Phi) is 4.84. The first kappa shape index (κ1) is 16.8. The molecule has 3 rings (SSSR count). The lowest BCUT2D eigenvalue weighted by atomic mass is 10.1. The van der Waals surface area contributed by atoms with Gasteiger partial charge in [0.2, 0.25) is 0 Å². The zero-order chi connectivity index (χ0) is 17.8. The number of carbonyl (C=O) groups excluding carboxylic acids is 1. The lowest BCUT2D eigenvalue weighted by molar-refractivity contribution is 0.0944. The molecule has 0 saturated heterocycles. The van der Waals surface area contributed by atoms with E-state index >= 15 is 0 Å². The van der Waals surface area contributed by atoms with Gasteiger partial charge in [0.05, 0.1) is 12.8 Å². The molecule has 3 aromatic rings. The number of amides is 1. The van der Waals surface area contributed by atoms with E-state index in [1.165, 1.54) is 0 Å². The van der Waals surface area contributed by atoms with Gasteiger partial charge in [0.15, 0.2) is 5.69 Å². The Bertz CT molecular complexity index is 868. The third-order valence-corrected chi connectivity index (χ3v) is 4.16. The lowest BCUT2D eigenvalue weighted by Crippen LogP contribution is -2.24. The summed E-state index contributed by atoms with van der Waals surface area (Å²) in [4.78, 5) is 12.5. The number of hydrogen-bond donors (Lipinski definition) is 1. The number of nitrogens with zero attached hydrogens (tertiary/aromatic N) is 2. The third kappa shape index (κ3) is 3.55. The van der Waals surface area contributed by atoms with Gasteiger partial charge in [0, 0.05) is 24.7 Å². The summed E-state index contributed by atoms with van der Waals surface area (Å²) in [6, 6.07) is 17.6. The number of benzene rings is 2. The average molecular weight is 335 g/mol. The van der Waals surface area contributed by atoms with Crippen LogP contribution in [0, 0.1) is 6.92 Å². The second-order valence-corrected chi connectivity index (χ2v) is 5.84. The number of aromatic nitrogens is 2. The van der Waals surface area contributed by atoms with Crippen molar-refractivity contribution in [3.05, 3.63) is 71.4 Å². The van der Waals surface area contributed by atoms with Crippen LogP contribution in [-0.4, -0.2) is 22.8 Å². The quantitative estimate of drug-likeness (QED) is 0.778. The third-order valence-electron chi connectivity index (χ3n) is 4.16. The summed E-state index contributed by atoms with van der Waals surface area (Å²) in [5.41, 5.74) is 4.33. The van der Waals surface area contributed by atoms with Crippen LogP contribution in [0.3, 0.4) is 0 Å². The molecule has 0 saturated carbocycles. The number of rotatable bonds is 5. The van der Waals surface area contributed by atoms with Crippen LogP contribution >= 0.6 is 0 Å². The molecule has 1 amide bonds. The van der Waals surface area contributed by atoms with E-state index in [2.05, 4.69) is 10.4 Å². The van der Waals surface area contributed by atoms with Crippen LogP contribution in [0.15, 0.2) is 54.6 Å². The summed E-state index contributed by atoms with van der Waals surface area (Å²) >= 11 is 0. The fraction of sp³-hybridized carbons (Fsp3) is 0.200. The van der Waals surface area contributed by atoms with Gasteiger partial charge >= 0.3 is 0 Å². The number of aryl methyl sites for hydroxylation is 1. The molecular weight excluding hydrogens is 314 g/mol. The summed E-state index contributed by atoms with van der Waals surface area (Å²) in [6.07, 6.45) is 0. The van der Waals surface area contributed by atoms with Crippen LogP contribution < -0.4 is 10.1 Å². The smallest absolute Gasteiger partial charge is 0.272 e. The summed E-state index contributed by atoms with van der Waals surface area (Å²) in [5, 5.41) is 7.34. The van der Waals surface area contributed by atoms with Crippen molar-refractivity contribution in [1.29, 1.82) is 0 Å². The Balaban J connectivity index is 1.76. The predicted molar refractivity (Wildman–Crippen MR) is 97.5 cm³/mol. The lowest BCUT2D eigenvalue weighted by Gasteiger charge is -2.06. The maximum absolute atomic E-state index is 12.5. The van der Waals surface area contributed by atoms with Crippen LogP contribution in [0.5, 0.6) is 5.75 Å². The van der Waals surface area contributed by atoms with Crippen LogP contribution in [0.2, 0.25) is 0 Å². The first-order chi connectivity index (χ1) is 12.1. The molecule has 0 radical (unpaired) electrons. The van der Waals surface area contributed by atoms with E-state index < -0.39 is 0 Å². The molecule has 0 fully saturated rings. The predicted octanol–water partition coefficient (Wildman–Crippen LogP) is 3.33. The van der Waals surface area contributed by atoms with Crippen molar-refractivity contribution in [2.75, 3.05) is 7.11 Å². The van der Waals surface area contributed by atoms with Crippen molar-refractivity contribution >= 4 is 5.91 Å². The molecule has 5 nitrogen and oxygen atoms in total. The van der Waals surface area contributed by atoms with Crippen LogP contribution in [0.4, 0.5) is 0 Å². The van der Waals surface area contributed by atoms with Crippen molar-refractivity contribution in [3.63, 3.8) is 0 Å². The number of methoxy groups -OCH3 is 1. The van der Waals surface area contributed by atoms with Gasteiger partial charge in [0.1, 0.15) is 5.75 Å². The Morgan fingerprint density at radius 1 is 1.12 bits per heavy atom. The molecule has 0 aliphatic heterocycles. The Labute approximate surface area is 147 Å². The molecule has 1 N–H and O–H groups in total. The molecule has 0 unspecified atom stereocenters. The highest BCUT2D eigenvalue weighted by Crippen LogP contribution is 2.25. The number of nitrogens with one attached hydrogen (secondary N) is 1. The summed E-state index contributed by atoms with van der Waals surface area (Å²) < 4.78 is 6.89. The molecule has 0 aliphatic rings. The summed E-state index contributed by atoms with van der Waals surface area (Å²) in [6.45, 7) is 2.37. The van der Waals surface area contributed by atoms with Gasteiger partial charge in [-0.25, -0.2) is 0 Å². The fourth-order valence-corrected chi connectivity index (χ4v) is 2.85. The standard InChI is InChI=1S/C20H21N3O2/c1-14-18(22-23(2)19(14)16-7-5-4-6-8-16)20(24)21-13-15-9-11-17(25-3)12-10-15/h4-12H,13H2,1-3H3,(H,21,24). The topological polar surface area (TPSA) is 56.1 Å². The molecule has 0 atom stereocenters. The Hall–Kier alpha value is -3.08. The number of hydrogen-bond acceptors (Lipinski definition) is 3. The minimum atomic E-state index is -0.175. The van der Waals surface area contributed by atoms with Crippen molar-refractivity contribution in [2.45, 2.75) is 13.5 Å². The second kappa shape index (κ2) is 7.21. The first-order valence-electron chi connectivity index (χ1n) is 8.10. The maximum atomic E-state index is 12.5. The van der Waals surface area contributed by atoms with E-state index in [1.807, 2.05) is 68.6 Å². The molecular formula is C20H21N3O2. The normalized spacial score (nSPS) is 10.5. The molecule has 2 aromatic carbocycles. The van der Waals surface area contributed by atoms with Gasteiger partial charge in [-0.3, -0.25) is 9.48 Å². The zero-order valence-electron chi connectivity index (χ0n) is 14.6. The van der Waals surface area contributed by atoms with Crippen molar-refractivity contribution in [3.8, 4) is 17.0 Å². The van der Waals surface area contributed by atoms with Crippen LogP contribution in [-0.2, 0) is 13.6 Å². The maximum Gasteiger partial charge on any atom is 0.272 e. The number of ether oxygens (including phenoxy) is 1. The molecule has 1 aromatic heterocycles. The monoisotopic (exact) mass is 335 g/mol. The van der Waals surface area contributed by atoms with E-state index in [0.717, 1.165) is 28.1 Å². The van der Waals surface area contributed by atoms with Gasteiger partial charge in [-0.2, -0.15) is 5.10 Å². The van der Waals surface area contributed by atoms with Crippen molar-refractivity contribution in [1.82, 2.24) is 15.1 Å². The molecule has 1 heterocycles. The number of carbonyl (C=O) groups is 1. The first-order valence-corrected chi connectivity index (χ1v) is 8.10. The van der Waals surface area contributed by atoms with E-state index in [9.17, 15) is 4.79 Å². The van der Waals surface area contributed by atoms with Gasteiger partial charge in [-0.05, 0) is 24.6 Å². The Morgan fingerprint density at radius 3 is 2.44 bits per heavy atom. The SMILES string of the molecule is COc1ccc(CNC(=O)c2nn(C)c(-c3ccccc3)c2C)cc1. The van der Waals surface area contributed by atoms with Gasteiger partial charge < -0.3 is 10.1 Å². The highest BCUT2D eigenvalue weighted by atomic mass is 16.5. The summed E-state index contributed by atoms with van der Waals surface area (Å²) in [7, 11) is 3.49. The van der Waals surface area contributed by atoms with Crippen molar-refractivity contribution < 1.29 is 9.53 Å². The molecule has 0 spiro atoms. The van der Waals surface area contributed by atoms with E-state index in [4.69, 9.17) is 4.74 Å². The Morgan fingerprint density at radius 2 is 1.80 bits per heavy atom. The minimum absolute atomic E-state index is 0.175. The van der Waals surface area contributed by atoms with Crippen molar-refractivity contribution in [2.24, 2.45) is 7.05 Å². The van der Waals surface area contributed by atoms with Gasteiger partial charge in [0.25, 0.3) is 5.91 Å². The molecule has 0 bridgehead atoms. The van der Waals surface area contributed by atoms with Crippen LogP contribution in [0.1, 0.15) is 21.6 Å². The van der Waals surface area contributed by atoms with E-state index in [0.29, 0.717) is 12.2 Å².